The Morgan fingerprint density at radius 3 is 2.36 bits per heavy atom. The molecule has 0 aliphatic carbocycles. The van der Waals surface area contributed by atoms with Crippen molar-refractivity contribution in [2.45, 2.75) is 37.8 Å². The fourth-order valence-corrected chi connectivity index (χ4v) is 2.73. The van der Waals surface area contributed by atoms with Crippen LogP contribution in [0.15, 0.2) is 18.7 Å². The number of fused-ring (bicyclic) bond motifs is 2. The summed E-state index contributed by atoms with van der Waals surface area (Å²) < 4.78 is 1.58. The first-order valence-corrected chi connectivity index (χ1v) is 5.17. The van der Waals surface area contributed by atoms with Crippen LogP contribution in [0.2, 0.25) is 0 Å². The van der Waals surface area contributed by atoms with Crippen molar-refractivity contribution in [2.24, 2.45) is 0 Å². The van der Waals surface area contributed by atoms with E-state index >= 15 is 0 Å². The first kappa shape index (κ1) is 8.03. The van der Waals surface area contributed by atoms with E-state index in [1.165, 1.54) is 25.7 Å². The third-order valence-corrected chi connectivity index (χ3v) is 3.40. The molecule has 3 rings (SSSR count). The lowest BCUT2D eigenvalue weighted by molar-refractivity contribution is 0.193. The maximum atomic E-state index is 12.0. The van der Waals surface area contributed by atoms with Gasteiger partial charge in [-0.25, -0.2) is 9.78 Å². The quantitative estimate of drug-likeness (QED) is 0.623. The van der Waals surface area contributed by atoms with Crippen LogP contribution in [0.5, 0.6) is 0 Å². The molecule has 74 valence electrons. The Kier molecular flexibility index (Phi) is 1.63. The lowest BCUT2D eigenvalue weighted by atomic mass is 10.0. The summed E-state index contributed by atoms with van der Waals surface area (Å²) in [4.78, 5) is 18.0. The van der Waals surface area contributed by atoms with Crippen LogP contribution in [0.1, 0.15) is 25.7 Å². The zero-order valence-corrected chi connectivity index (χ0v) is 7.97. The maximum absolute atomic E-state index is 12.0. The smallest absolute Gasteiger partial charge is 0.318 e. The largest absolute Gasteiger partial charge is 0.329 e. The zero-order valence-electron chi connectivity index (χ0n) is 7.97. The molecule has 4 nitrogen and oxygen atoms in total. The molecule has 2 fully saturated rings. The fraction of sp³-hybridized carbons (Fsp3) is 0.600. The first-order chi connectivity index (χ1) is 6.86. The van der Waals surface area contributed by atoms with Crippen molar-refractivity contribution in [3.8, 4) is 0 Å². The molecule has 2 bridgehead atoms. The van der Waals surface area contributed by atoms with E-state index in [9.17, 15) is 4.79 Å². The van der Waals surface area contributed by atoms with Crippen molar-refractivity contribution < 1.29 is 4.79 Å². The van der Waals surface area contributed by atoms with E-state index in [0.29, 0.717) is 12.1 Å². The Labute approximate surface area is 82.5 Å². The summed E-state index contributed by atoms with van der Waals surface area (Å²) in [5, 5.41) is 0. The summed E-state index contributed by atoms with van der Waals surface area (Å²) in [7, 11) is 0. The van der Waals surface area contributed by atoms with Crippen LogP contribution in [0, 0.1) is 0 Å². The summed E-state index contributed by atoms with van der Waals surface area (Å²) in [5.74, 6) is 0. The van der Waals surface area contributed by atoms with Crippen LogP contribution >= 0.6 is 0 Å². The van der Waals surface area contributed by atoms with Gasteiger partial charge in [0.2, 0.25) is 0 Å². The summed E-state index contributed by atoms with van der Waals surface area (Å²) in [6, 6.07) is 1.09. The van der Waals surface area contributed by atoms with Crippen molar-refractivity contribution in [3.63, 3.8) is 0 Å². The Hall–Kier alpha value is -1.32. The predicted octanol–water partition coefficient (Wildman–Crippen LogP) is 1.48. The Morgan fingerprint density at radius 2 is 1.86 bits per heavy atom. The summed E-state index contributed by atoms with van der Waals surface area (Å²) in [6.45, 7) is 0. The van der Waals surface area contributed by atoms with Crippen LogP contribution in [0.3, 0.4) is 0 Å². The van der Waals surface area contributed by atoms with Crippen molar-refractivity contribution in [1.29, 1.82) is 0 Å². The van der Waals surface area contributed by atoms with Gasteiger partial charge in [0, 0.05) is 24.5 Å². The Morgan fingerprint density at radius 1 is 1.21 bits per heavy atom. The summed E-state index contributed by atoms with van der Waals surface area (Å²) in [6.07, 6.45) is 9.70. The van der Waals surface area contributed by atoms with Crippen molar-refractivity contribution in [1.82, 2.24) is 14.5 Å². The molecular weight excluding hydrogens is 178 g/mol. The second kappa shape index (κ2) is 2.83. The fourth-order valence-electron chi connectivity index (χ4n) is 2.73. The van der Waals surface area contributed by atoms with Crippen LogP contribution in [0.25, 0.3) is 0 Å². The average molecular weight is 191 g/mol. The van der Waals surface area contributed by atoms with E-state index in [4.69, 9.17) is 0 Å². The number of rotatable bonds is 0. The Balaban J connectivity index is 1.87. The predicted molar refractivity (Wildman–Crippen MR) is 50.9 cm³/mol. The number of hydrogen-bond acceptors (Lipinski definition) is 2. The summed E-state index contributed by atoms with van der Waals surface area (Å²) >= 11 is 0. The average Bonchev–Trinajstić information content (AvgIpc) is 2.94. The van der Waals surface area contributed by atoms with Crippen LogP contribution in [-0.4, -0.2) is 32.6 Å². The molecule has 1 aromatic heterocycles. The molecule has 1 aromatic rings. The standard InChI is InChI=1S/C10H13N3O/c14-10(12-6-5-11-7-12)13-8-1-2-9(13)4-3-8/h5-9H,1-4H2. The molecule has 0 aromatic carbocycles. The minimum absolute atomic E-state index is 0.104. The van der Waals surface area contributed by atoms with E-state index in [1.54, 1.807) is 23.3 Å². The third-order valence-electron chi connectivity index (χ3n) is 3.40. The van der Waals surface area contributed by atoms with Crippen molar-refractivity contribution in [2.75, 3.05) is 0 Å². The second-order valence-electron chi connectivity index (χ2n) is 4.12. The normalized spacial score (nSPS) is 29.9. The van der Waals surface area contributed by atoms with E-state index < -0.39 is 0 Å². The number of amides is 1. The van der Waals surface area contributed by atoms with Gasteiger partial charge >= 0.3 is 6.03 Å². The molecule has 0 unspecified atom stereocenters. The van der Waals surface area contributed by atoms with Gasteiger partial charge in [-0.3, -0.25) is 4.57 Å². The highest BCUT2D eigenvalue weighted by molar-refractivity contribution is 5.78. The summed E-state index contributed by atoms with van der Waals surface area (Å²) in [5.41, 5.74) is 0. The van der Waals surface area contributed by atoms with Crippen LogP contribution in [0.4, 0.5) is 4.79 Å². The van der Waals surface area contributed by atoms with Crippen LogP contribution < -0.4 is 0 Å². The van der Waals surface area contributed by atoms with E-state index in [0.717, 1.165) is 0 Å². The molecule has 2 aliphatic rings. The number of imidazole rings is 1. The molecule has 2 aliphatic heterocycles. The minimum atomic E-state index is 0.104. The molecule has 14 heavy (non-hydrogen) atoms. The van der Waals surface area contributed by atoms with Gasteiger partial charge in [-0.1, -0.05) is 0 Å². The van der Waals surface area contributed by atoms with E-state index in [1.807, 2.05) is 4.90 Å². The highest BCUT2D eigenvalue weighted by Crippen LogP contribution is 2.37. The molecule has 1 amide bonds. The molecule has 0 N–H and O–H groups in total. The van der Waals surface area contributed by atoms with E-state index in [2.05, 4.69) is 4.98 Å². The lowest BCUT2D eigenvalue weighted by Crippen LogP contribution is -2.37. The minimum Gasteiger partial charge on any atom is -0.318 e. The highest BCUT2D eigenvalue weighted by atomic mass is 16.2. The number of hydrogen-bond donors (Lipinski definition) is 0. The second-order valence-corrected chi connectivity index (χ2v) is 4.12. The van der Waals surface area contributed by atoms with Gasteiger partial charge in [-0.05, 0) is 25.7 Å². The lowest BCUT2D eigenvalue weighted by Gasteiger charge is -2.21. The van der Waals surface area contributed by atoms with Gasteiger partial charge in [-0.15, -0.1) is 0 Å². The molecule has 0 radical (unpaired) electrons. The monoisotopic (exact) mass is 191 g/mol. The number of nitrogens with zero attached hydrogens (tertiary/aromatic N) is 3. The Bertz CT molecular complexity index is 326. The molecule has 4 heteroatoms. The van der Waals surface area contributed by atoms with Gasteiger partial charge in [0.25, 0.3) is 0 Å². The maximum Gasteiger partial charge on any atom is 0.329 e. The van der Waals surface area contributed by atoms with Gasteiger partial charge in [-0.2, -0.15) is 0 Å². The SMILES string of the molecule is O=C(N1C2CCC1CC2)n1ccnc1. The van der Waals surface area contributed by atoms with Crippen molar-refractivity contribution in [3.05, 3.63) is 18.7 Å². The van der Waals surface area contributed by atoms with Gasteiger partial charge in [0.05, 0.1) is 0 Å². The molecule has 0 saturated carbocycles. The molecule has 3 heterocycles. The zero-order chi connectivity index (χ0) is 9.54. The molecule has 2 saturated heterocycles. The molecular formula is C10H13N3O. The van der Waals surface area contributed by atoms with Gasteiger partial charge < -0.3 is 4.90 Å². The van der Waals surface area contributed by atoms with Crippen molar-refractivity contribution >= 4 is 6.03 Å². The number of carbonyl (C=O) groups is 1. The highest BCUT2D eigenvalue weighted by Gasteiger charge is 2.42. The van der Waals surface area contributed by atoms with E-state index in [-0.39, 0.29) is 6.03 Å². The number of aromatic nitrogens is 2. The topological polar surface area (TPSA) is 38.1 Å². The first-order valence-electron chi connectivity index (χ1n) is 5.17. The van der Waals surface area contributed by atoms with Gasteiger partial charge in [0.1, 0.15) is 6.33 Å². The third kappa shape index (κ3) is 0.997. The number of carbonyl (C=O) groups excluding carboxylic acids is 1. The van der Waals surface area contributed by atoms with Gasteiger partial charge in [0.15, 0.2) is 0 Å². The molecule has 0 atom stereocenters. The van der Waals surface area contributed by atoms with Crippen LogP contribution in [-0.2, 0) is 0 Å². The molecule has 0 spiro atoms.